The molecule has 1 saturated heterocycles. The Morgan fingerprint density at radius 3 is 2.20 bits per heavy atom. The first-order valence-electron chi connectivity index (χ1n) is 8.07. The van der Waals surface area contributed by atoms with Crippen LogP contribution in [0.2, 0.25) is 0 Å². The van der Waals surface area contributed by atoms with Gasteiger partial charge in [0.2, 0.25) is 0 Å². The first-order valence-corrected chi connectivity index (χ1v) is 8.07. The highest BCUT2D eigenvalue weighted by Gasteiger charge is 2.43. The van der Waals surface area contributed by atoms with Gasteiger partial charge in [0.25, 0.3) is 0 Å². The zero-order valence-corrected chi connectivity index (χ0v) is 13.5. The van der Waals surface area contributed by atoms with Crippen molar-refractivity contribution in [2.24, 2.45) is 0 Å². The third kappa shape index (κ3) is 3.90. The van der Waals surface area contributed by atoms with E-state index in [9.17, 15) is 20.4 Å². The highest BCUT2D eigenvalue weighted by molar-refractivity contribution is 5.44. The van der Waals surface area contributed by atoms with Gasteiger partial charge in [-0.15, -0.1) is 0 Å². The molecule has 1 unspecified atom stereocenters. The van der Waals surface area contributed by atoms with Gasteiger partial charge in [-0.05, 0) is 29.8 Å². The molecule has 0 amide bonds. The maximum Gasteiger partial charge on any atom is 0.113 e. The van der Waals surface area contributed by atoms with Crippen molar-refractivity contribution in [3.63, 3.8) is 0 Å². The average Bonchev–Trinajstić information content (AvgIpc) is 2.66. The Balaban J connectivity index is 1.85. The molecule has 5 nitrogen and oxygen atoms in total. The summed E-state index contributed by atoms with van der Waals surface area (Å²) in [6.45, 7) is -0.449. The summed E-state index contributed by atoms with van der Waals surface area (Å²) in [6, 6.07) is 16.7. The number of aliphatic hydroxyl groups is 4. The molecule has 3 rings (SSSR count). The first kappa shape index (κ1) is 17.6. The topological polar surface area (TPSA) is 90.2 Å². The van der Waals surface area contributed by atoms with Crippen molar-refractivity contribution < 1.29 is 25.2 Å². The second kappa shape index (κ2) is 7.79. The minimum absolute atomic E-state index is 0.449. The lowest BCUT2D eigenvalue weighted by molar-refractivity contribution is -0.231. The molecule has 5 heteroatoms. The summed E-state index contributed by atoms with van der Waals surface area (Å²) in [5.41, 5.74) is 2.25. The van der Waals surface area contributed by atoms with Crippen molar-refractivity contribution in [1.29, 1.82) is 0 Å². The van der Waals surface area contributed by atoms with Gasteiger partial charge in [-0.3, -0.25) is 0 Å². The fourth-order valence-corrected chi connectivity index (χ4v) is 2.84. The lowest BCUT2D eigenvalue weighted by atomic mass is 9.91. The van der Waals surface area contributed by atoms with Crippen LogP contribution in [0.25, 0.3) is 0 Å². The molecule has 130 valence electrons. The number of aliphatic hydroxyl groups excluding tert-OH is 4. The third-order valence-corrected chi connectivity index (χ3v) is 4.23. The van der Waals surface area contributed by atoms with Crippen molar-refractivity contribution >= 4 is 0 Å². The van der Waals surface area contributed by atoms with Gasteiger partial charge in [0.05, 0.1) is 6.61 Å². The van der Waals surface area contributed by atoms with Gasteiger partial charge >= 0.3 is 0 Å². The molecule has 0 radical (unpaired) electrons. The van der Waals surface area contributed by atoms with Crippen LogP contribution < -0.4 is 0 Å². The summed E-state index contributed by atoms with van der Waals surface area (Å²) in [6.07, 6.45) is -5.83. The number of benzene rings is 2. The summed E-state index contributed by atoms with van der Waals surface area (Å²) in [5, 5.41) is 39.3. The quantitative estimate of drug-likeness (QED) is 0.601. The molecule has 4 N–H and O–H groups in total. The van der Waals surface area contributed by atoms with Gasteiger partial charge in [0.1, 0.15) is 30.5 Å². The largest absolute Gasteiger partial charge is 0.394 e. The van der Waals surface area contributed by atoms with Crippen LogP contribution in [0.1, 0.15) is 22.8 Å². The van der Waals surface area contributed by atoms with E-state index in [-0.39, 0.29) is 0 Å². The van der Waals surface area contributed by atoms with Crippen LogP contribution in [0.3, 0.4) is 0 Å². The molecular formula is C20H20O5. The predicted octanol–water partition coefficient (Wildman–Crippen LogP) is 0.601. The van der Waals surface area contributed by atoms with Crippen molar-refractivity contribution in [3.8, 4) is 11.8 Å². The Morgan fingerprint density at radius 2 is 1.48 bits per heavy atom. The molecular weight excluding hydrogens is 320 g/mol. The molecule has 25 heavy (non-hydrogen) atoms. The van der Waals surface area contributed by atoms with Crippen LogP contribution in [0, 0.1) is 11.8 Å². The summed E-state index contributed by atoms with van der Waals surface area (Å²) in [5.74, 6) is 6.11. The number of ether oxygens (including phenoxy) is 1. The predicted molar refractivity (Wildman–Crippen MR) is 91.6 cm³/mol. The van der Waals surface area contributed by atoms with Crippen LogP contribution in [0.5, 0.6) is 0 Å². The monoisotopic (exact) mass is 340 g/mol. The zero-order chi connectivity index (χ0) is 17.8. The van der Waals surface area contributed by atoms with Gasteiger partial charge < -0.3 is 25.2 Å². The summed E-state index contributed by atoms with van der Waals surface area (Å²) >= 11 is 0. The van der Waals surface area contributed by atoms with E-state index in [1.54, 1.807) is 18.2 Å². The van der Waals surface area contributed by atoms with Gasteiger partial charge in [-0.25, -0.2) is 0 Å². The Morgan fingerprint density at radius 1 is 0.800 bits per heavy atom. The highest BCUT2D eigenvalue weighted by Crippen LogP contribution is 2.32. The molecule has 0 spiro atoms. The lowest BCUT2D eigenvalue weighted by Gasteiger charge is -2.40. The van der Waals surface area contributed by atoms with Crippen LogP contribution >= 0.6 is 0 Å². The fourth-order valence-electron chi connectivity index (χ4n) is 2.84. The minimum Gasteiger partial charge on any atom is -0.394 e. The lowest BCUT2D eigenvalue weighted by Crippen LogP contribution is -2.55. The third-order valence-electron chi connectivity index (χ3n) is 4.23. The maximum absolute atomic E-state index is 10.2. The van der Waals surface area contributed by atoms with Gasteiger partial charge in [-0.2, -0.15) is 0 Å². The molecule has 0 saturated carbocycles. The van der Waals surface area contributed by atoms with E-state index in [1.807, 2.05) is 36.4 Å². The SMILES string of the molecule is OC[C@H]1OC(c2cccc(C#Cc3ccccc3)c2)[C@H](O)[C@@H](O)[C@H]1O. The van der Waals surface area contributed by atoms with Crippen molar-refractivity contribution in [2.45, 2.75) is 30.5 Å². The van der Waals surface area contributed by atoms with Gasteiger partial charge in [0.15, 0.2) is 0 Å². The molecule has 1 aliphatic rings. The molecule has 2 aromatic rings. The average molecular weight is 340 g/mol. The van der Waals surface area contributed by atoms with Gasteiger partial charge in [-0.1, -0.05) is 42.2 Å². The van der Waals surface area contributed by atoms with Crippen LogP contribution in [0.15, 0.2) is 54.6 Å². The molecule has 0 aromatic heterocycles. The Bertz CT molecular complexity index is 762. The van der Waals surface area contributed by atoms with Crippen LogP contribution in [-0.2, 0) is 4.74 Å². The molecule has 0 aliphatic carbocycles. The Hall–Kier alpha value is -2.20. The highest BCUT2D eigenvalue weighted by atomic mass is 16.5. The summed E-state index contributed by atoms with van der Waals surface area (Å²) < 4.78 is 5.58. The number of hydrogen-bond acceptors (Lipinski definition) is 5. The number of rotatable bonds is 2. The first-order chi connectivity index (χ1) is 12.1. The van der Waals surface area contributed by atoms with Crippen molar-refractivity contribution in [2.75, 3.05) is 6.61 Å². The maximum atomic E-state index is 10.2. The van der Waals surface area contributed by atoms with E-state index < -0.39 is 37.1 Å². The molecule has 0 bridgehead atoms. The molecule has 1 fully saturated rings. The van der Waals surface area contributed by atoms with E-state index in [1.165, 1.54) is 0 Å². The summed E-state index contributed by atoms with van der Waals surface area (Å²) in [7, 11) is 0. The molecule has 1 heterocycles. The molecule has 5 atom stereocenters. The van der Waals surface area contributed by atoms with E-state index >= 15 is 0 Å². The van der Waals surface area contributed by atoms with Crippen molar-refractivity contribution in [3.05, 3.63) is 71.3 Å². The minimum atomic E-state index is -1.39. The van der Waals surface area contributed by atoms with E-state index in [2.05, 4.69) is 11.8 Å². The summed E-state index contributed by atoms with van der Waals surface area (Å²) in [4.78, 5) is 0. The van der Waals surface area contributed by atoms with Crippen LogP contribution in [-0.4, -0.2) is 51.4 Å². The van der Waals surface area contributed by atoms with E-state index in [0.717, 1.165) is 11.1 Å². The van der Waals surface area contributed by atoms with Gasteiger partial charge in [0, 0.05) is 11.1 Å². The second-order valence-corrected chi connectivity index (χ2v) is 5.99. The Kier molecular flexibility index (Phi) is 5.49. The Labute approximate surface area is 146 Å². The fraction of sp³-hybridized carbons (Fsp3) is 0.300. The van der Waals surface area contributed by atoms with Crippen LogP contribution in [0.4, 0.5) is 0 Å². The van der Waals surface area contributed by atoms with Crippen molar-refractivity contribution in [1.82, 2.24) is 0 Å². The zero-order valence-electron chi connectivity index (χ0n) is 13.5. The standard InChI is InChI=1S/C20H20O5/c21-12-16-17(22)18(23)19(24)20(25-16)15-8-4-7-14(11-15)10-9-13-5-2-1-3-6-13/h1-8,11,16-24H,12H2/t16-,17+,18+,19-,20?/m1/s1. The normalized spacial score (nSPS) is 28.9. The molecule has 2 aromatic carbocycles. The second-order valence-electron chi connectivity index (χ2n) is 5.99. The van der Waals surface area contributed by atoms with E-state index in [4.69, 9.17) is 4.74 Å². The molecule has 1 aliphatic heterocycles. The smallest absolute Gasteiger partial charge is 0.113 e. The number of hydrogen-bond donors (Lipinski definition) is 4. The van der Waals surface area contributed by atoms with E-state index in [0.29, 0.717) is 5.56 Å².